The number of aryl methyl sites for hydroxylation is 2. The van der Waals surface area contributed by atoms with E-state index in [1.165, 1.54) is 17.5 Å². The van der Waals surface area contributed by atoms with Crippen LogP contribution in [0.2, 0.25) is 0 Å². The van der Waals surface area contributed by atoms with Gasteiger partial charge in [0.05, 0.1) is 29.1 Å². The molecule has 0 unspecified atom stereocenters. The highest BCUT2D eigenvalue weighted by atomic mass is 32.2. The van der Waals surface area contributed by atoms with Crippen LogP contribution >= 0.6 is 0 Å². The summed E-state index contributed by atoms with van der Waals surface area (Å²) in [7, 11) is -2.52. The Balaban J connectivity index is 1.48. The fourth-order valence-electron chi connectivity index (χ4n) is 5.36. The highest BCUT2D eigenvalue weighted by Gasteiger charge is 2.41. The van der Waals surface area contributed by atoms with Gasteiger partial charge in [0.1, 0.15) is 10.7 Å². The van der Waals surface area contributed by atoms with E-state index in [0.717, 1.165) is 12.0 Å². The van der Waals surface area contributed by atoms with Crippen molar-refractivity contribution in [2.45, 2.75) is 71.2 Å². The minimum absolute atomic E-state index is 0.00591. The minimum Gasteiger partial charge on any atom is -0.476 e. The summed E-state index contributed by atoms with van der Waals surface area (Å²) in [5, 5.41) is 8.74. The highest BCUT2D eigenvalue weighted by Crippen LogP contribution is 2.48. The van der Waals surface area contributed by atoms with Crippen molar-refractivity contribution in [1.82, 2.24) is 29.3 Å². The van der Waals surface area contributed by atoms with E-state index >= 15 is 0 Å². The predicted octanol–water partition coefficient (Wildman–Crippen LogP) is 3.85. The lowest BCUT2D eigenvalue weighted by atomic mass is 10.0. The molecule has 1 N–H and O–H groups in total. The van der Waals surface area contributed by atoms with Crippen molar-refractivity contribution in [1.29, 1.82) is 0 Å². The van der Waals surface area contributed by atoms with E-state index in [0.29, 0.717) is 42.1 Å². The molecule has 0 atom stereocenters. The lowest BCUT2D eigenvalue weighted by Gasteiger charge is -2.33. The first-order chi connectivity index (χ1) is 18.7. The smallest absolute Gasteiger partial charge is 0.268 e. The van der Waals surface area contributed by atoms with Crippen molar-refractivity contribution in [3.05, 3.63) is 53.0 Å². The Morgan fingerprint density at radius 1 is 1.12 bits per heavy atom. The molecule has 214 valence electrons. The predicted molar refractivity (Wildman–Crippen MR) is 151 cm³/mol. The number of carbonyl (C=O) groups is 1. The van der Waals surface area contributed by atoms with Gasteiger partial charge in [0.25, 0.3) is 15.9 Å². The van der Waals surface area contributed by atoms with E-state index in [9.17, 15) is 13.2 Å². The van der Waals surface area contributed by atoms with Crippen molar-refractivity contribution in [2.24, 2.45) is 12.5 Å². The maximum Gasteiger partial charge on any atom is 0.268 e. The number of carbonyl (C=O) groups excluding carboxylic acids is 1. The lowest BCUT2D eigenvalue weighted by molar-refractivity contribution is 0.0981. The molecular weight excluding hydrogens is 530 g/mol. The van der Waals surface area contributed by atoms with Gasteiger partial charge in [0.15, 0.2) is 5.82 Å². The van der Waals surface area contributed by atoms with E-state index in [2.05, 4.69) is 27.9 Å². The number of amides is 1. The topological polar surface area (TPSA) is 124 Å². The standard InChI is InChI=1S/C28H37N7O4S/c1-8-28(12-13-28)17-39-23-11-14-35(31-23)22-10-9-21(25(29-22)34-16-18(2)15-27(34,5)6)26(36)32-40(37,38)24-19(3)30-33(7)20(24)4/h9-11,14-15H,8,12-13,16-17H2,1-7H3,(H,32,36). The van der Waals surface area contributed by atoms with Crippen LogP contribution < -0.4 is 14.4 Å². The summed E-state index contributed by atoms with van der Waals surface area (Å²) < 4.78 is 37.8. The summed E-state index contributed by atoms with van der Waals surface area (Å²) >= 11 is 0. The van der Waals surface area contributed by atoms with E-state index in [1.807, 2.05) is 25.7 Å². The number of nitrogens with zero attached hydrogens (tertiary/aromatic N) is 6. The first kappa shape index (κ1) is 27.9. The van der Waals surface area contributed by atoms with Gasteiger partial charge in [-0.15, -0.1) is 5.10 Å². The molecule has 0 radical (unpaired) electrons. The zero-order valence-electron chi connectivity index (χ0n) is 24.1. The molecule has 1 aliphatic carbocycles. The number of hydrogen-bond acceptors (Lipinski definition) is 8. The largest absolute Gasteiger partial charge is 0.476 e. The van der Waals surface area contributed by atoms with E-state index in [4.69, 9.17) is 9.72 Å². The monoisotopic (exact) mass is 567 g/mol. The maximum absolute atomic E-state index is 13.6. The van der Waals surface area contributed by atoms with Crippen molar-refractivity contribution >= 4 is 21.7 Å². The number of hydrogen-bond donors (Lipinski definition) is 1. The third-order valence-electron chi connectivity index (χ3n) is 8.03. The molecule has 0 bridgehead atoms. The second-order valence-electron chi connectivity index (χ2n) is 11.6. The first-order valence-corrected chi connectivity index (χ1v) is 15.0. The van der Waals surface area contributed by atoms with Crippen LogP contribution in [0.1, 0.15) is 68.7 Å². The lowest BCUT2D eigenvalue weighted by Crippen LogP contribution is -2.41. The first-order valence-electron chi connectivity index (χ1n) is 13.5. The number of rotatable bonds is 9. The molecule has 0 spiro atoms. The third kappa shape index (κ3) is 5.12. The van der Waals surface area contributed by atoms with Gasteiger partial charge in [-0.25, -0.2) is 22.8 Å². The second kappa shape index (κ2) is 9.76. The number of nitrogens with one attached hydrogen (secondary N) is 1. The summed E-state index contributed by atoms with van der Waals surface area (Å²) in [5.74, 6) is 0.594. The van der Waals surface area contributed by atoms with Gasteiger partial charge >= 0.3 is 0 Å². The van der Waals surface area contributed by atoms with Gasteiger partial charge in [0.2, 0.25) is 5.88 Å². The van der Waals surface area contributed by atoms with Gasteiger partial charge in [-0.1, -0.05) is 18.6 Å². The minimum atomic E-state index is -4.18. The summed E-state index contributed by atoms with van der Waals surface area (Å²) in [6, 6.07) is 5.04. The molecule has 5 rings (SSSR count). The normalized spacial score (nSPS) is 17.6. The zero-order valence-corrected chi connectivity index (χ0v) is 25.0. The molecule has 12 heteroatoms. The number of anilines is 1. The van der Waals surface area contributed by atoms with Crippen LogP contribution in [0.15, 0.2) is 40.9 Å². The number of sulfonamides is 1. The van der Waals surface area contributed by atoms with Crippen LogP contribution in [-0.2, 0) is 17.1 Å². The van der Waals surface area contributed by atoms with Crippen LogP contribution in [-0.4, -0.2) is 57.6 Å². The highest BCUT2D eigenvalue weighted by molar-refractivity contribution is 7.90. The molecule has 3 aromatic rings. The molecule has 4 heterocycles. The van der Waals surface area contributed by atoms with E-state index < -0.39 is 21.5 Å². The Morgan fingerprint density at radius 2 is 1.85 bits per heavy atom. The van der Waals surface area contributed by atoms with Gasteiger partial charge in [-0.2, -0.15) is 5.10 Å². The zero-order chi connectivity index (χ0) is 29.0. The molecular formula is C28H37N7O4S. The Kier molecular flexibility index (Phi) is 6.80. The van der Waals surface area contributed by atoms with E-state index in [-0.39, 0.29) is 15.9 Å². The van der Waals surface area contributed by atoms with Gasteiger partial charge < -0.3 is 9.64 Å². The fraction of sp³-hybridized carbons (Fsp3) is 0.500. The van der Waals surface area contributed by atoms with Crippen molar-refractivity contribution in [3.8, 4) is 11.7 Å². The third-order valence-corrected chi connectivity index (χ3v) is 9.62. The van der Waals surface area contributed by atoms with Gasteiger partial charge in [-0.3, -0.25) is 9.48 Å². The quantitative estimate of drug-likeness (QED) is 0.387. The Hall–Kier alpha value is -3.67. The summed E-state index contributed by atoms with van der Waals surface area (Å²) in [4.78, 5) is 20.4. The number of aromatic nitrogens is 5. The molecule has 1 amide bonds. The van der Waals surface area contributed by atoms with Crippen LogP contribution in [0.4, 0.5) is 5.82 Å². The molecule has 1 aliphatic heterocycles. The van der Waals surface area contributed by atoms with Crippen LogP contribution in [0.5, 0.6) is 5.88 Å². The van der Waals surface area contributed by atoms with Crippen LogP contribution in [0.25, 0.3) is 5.82 Å². The van der Waals surface area contributed by atoms with Crippen molar-refractivity contribution in [3.63, 3.8) is 0 Å². The molecule has 1 fully saturated rings. The second-order valence-corrected chi connectivity index (χ2v) is 13.2. The Labute approximate surface area is 235 Å². The summed E-state index contributed by atoms with van der Waals surface area (Å²) in [6.07, 6.45) is 7.31. The average Bonchev–Trinajstić information content (AvgIpc) is 3.27. The Bertz CT molecular complexity index is 1610. The van der Waals surface area contributed by atoms with Gasteiger partial charge in [-0.05, 0) is 66.0 Å². The average molecular weight is 568 g/mol. The summed E-state index contributed by atoms with van der Waals surface area (Å²) in [5.41, 5.74) is 1.84. The molecule has 0 saturated heterocycles. The Morgan fingerprint density at radius 3 is 2.42 bits per heavy atom. The molecule has 11 nitrogen and oxygen atoms in total. The van der Waals surface area contributed by atoms with Crippen LogP contribution in [0, 0.1) is 19.3 Å². The SMILES string of the molecule is CCC1(COc2ccn(-c3ccc(C(=O)NS(=O)(=O)c4c(C)nn(C)c4C)c(N4CC(C)=CC4(C)C)n3)n2)CC1. The number of ether oxygens (including phenoxy) is 1. The van der Waals surface area contributed by atoms with Crippen molar-refractivity contribution < 1.29 is 17.9 Å². The molecule has 0 aromatic carbocycles. The fourth-order valence-corrected chi connectivity index (χ4v) is 6.77. The molecule has 3 aromatic heterocycles. The van der Waals surface area contributed by atoms with E-state index in [1.54, 1.807) is 50.0 Å². The molecule has 2 aliphatic rings. The maximum atomic E-state index is 13.6. The van der Waals surface area contributed by atoms with Crippen LogP contribution in [0.3, 0.4) is 0 Å². The molecule has 1 saturated carbocycles. The van der Waals surface area contributed by atoms with Gasteiger partial charge in [0, 0.05) is 31.3 Å². The number of pyridine rings is 1. The molecule has 40 heavy (non-hydrogen) atoms. The summed E-state index contributed by atoms with van der Waals surface area (Å²) in [6.45, 7) is 12.7. The van der Waals surface area contributed by atoms with Crippen molar-refractivity contribution in [2.75, 3.05) is 18.1 Å².